The Balaban J connectivity index is 1.72. The fraction of sp³-hybridized carbons (Fsp3) is 0.476. The van der Waals surface area contributed by atoms with Gasteiger partial charge < -0.3 is 10.1 Å². The van der Waals surface area contributed by atoms with Gasteiger partial charge in [-0.25, -0.2) is 9.97 Å². The molecule has 138 valence electrons. The molecule has 1 aliphatic heterocycles. The van der Waals surface area contributed by atoms with Gasteiger partial charge in [-0.2, -0.15) is 0 Å². The molecule has 26 heavy (non-hydrogen) atoms. The normalized spacial score (nSPS) is 16.1. The Morgan fingerprint density at radius 2 is 1.92 bits per heavy atom. The van der Waals surface area contributed by atoms with Crippen LogP contribution < -0.4 is 10.1 Å². The van der Waals surface area contributed by atoms with E-state index in [9.17, 15) is 4.79 Å². The van der Waals surface area contributed by atoms with E-state index in [1.807, 2.05) is 32.0 Å². The van der Waals surface area contributed by atoms with E-state index in [-0.39, 0.29) is 17.4 Å². The van der Waals surface area contributed by atoms with Crippen molar-refractivity contribution in [2.75, 3.05) is 6.54 Å². The van der Waals surface area contributed by atoms with Gasteiger partial charge in [-0.15, -0.1) is 0 Å². The summed E-state index contributed by atoms with van der Waals surface area (Å²) in [4.78, 5) is 21.2. The number of aromatic nitrogens is 2. The zero-order chi connectivity index (χ0) is 18.9. The summed E-state index contributed by atoms with van der Waals surface area (Å²) in [6.07, 6.45) is 1.24. The standard InChI is InChI=1S/C21H27N3O2/c1-13-9-14(2)24-20(23-13)17-8-6-7-15-10-16(26-19(15)17)12-22-18(25)11-21(3,4)5/h6-9,16H,10-12H2,1-5H3,(H,22,25)/t16-/m0/s1. The highest BCUT2D eigenvalue weighted by atomic mass is 16.5. The molecular formula is C21H27N3O2. The third-order valence-corrected chi connectivity index (χ3v) is 4.27. The number of amides is 1. The lowest BCUT2D eigenvalue weighted by atomic mass is 9.92. The second-order valence-electron chi connectivity index (χ2n) is 8.25. The van der Waals surface area contributed by atoms with E-state index in [2.05, 4.69) is 42.1 Å². The molecule has 0 saturated heterocycles. The molecule has 3 rings (SSSR count). The molecule has 1 aromatic heterocycles. The molecule has 0 unspecified atom stereocenters. The third kappa shape index (κ3) is 4.40. The van der Waals surface area contributed by atoms with Crippen LogP contribution in [0.15, 0.2) is 24.3 Å². The van der Waals surface area contributed by atoms with Crippen molar-refractivity contribution >= 4 is 5.91 Å². The summed E-state index contributed by atoms with van der Waals surface area (Å²) in [5.74, 6) is 1.60. The molecule has 0 spiro atoms. The van der Waals surface area contributed by atoms with Gasteiger partial charge in [0, 0.05) is 24.2 Å². The largest absolute Gasteiger partial charge is 0.487 e. The minimum Gasteiger partial charge on any atom is -0.487 e. The second kappa shape index (κ2) is 7.06. The average Bonchev–Trinajstić information content (AvgIpc) is 2.93. The van der Waals surface area contributed by atoms with Gasteiger partial charge in [0.25, 0.3) is 0 Å². The van der Waals surface area contributed by atoms with Gasteiger partial charge in [0.05, 0.1) is 12.1 Å². The molecule has 0 aliphatic carbocycles. The number of nitrogens with zero attached hydrogens (tertiary/aromatic N) is 2. The van der Waals surface area contributed by atoms with Gasteiger partial charge in [0.2, 0.25) is 5.91 Å². The van der Waals surface area contributed by atoms with Crippen LogP contribution in [0.5, 0.6) is 5.75 Å². The van der Waals surface area contributed by atoms with Gasteiger partial charge in [-0.05, 0) is 37.0 Å². The summed E-state index contributed by atoms with van der Waals surface area (Å²) >= 11 is 0. The Morgan fingerprint density at radius 3 is 2.58 bits per heavy atom. The van der Waals surface area contributed by atoms with Crippen LogP contribution >= 0.6 is 0 Å². The zero-order valence-electron chi connectivity index (χ0n) is 16.2. The molecule has 0 bridgehead atoms. The quantitative estimate of drug-likeness (QED) is 0.912. The lowest BCUT2D eigenvalue weighted by Gasteiger charge is -2.18. The Kier molecular flexibility index (Phi) is 4.99. The van der Waals surface area contributed by atoms with E-state index in [0.717, 1.165) is 34.7 Å². The minimum absolute atomic E-state index is 0.0167. The second-order valence-corrected chi connectivity index (χ2v) is 8.25. The zero-order valence-corrected chi connectivity index (χ0v) is 16.2. The number of rotatable bonds is 4. The summed E-state index contributed by atoms with van der Waals surface area (Å²) in [7, 11) is 0. The third-order valence-electron chi connectivity index (χ3n) is 4.27. The Hall–Kier alpha value is -2.43. The number of hydrogen-bond donors (Lipinski definition) is 1. The van der Waals surface area contributed by atoms with Crippen LogP contribution in [0.3, 0.4) is 0 Å². The van der Waals surface area contributed by atoms with Gasteiger partial charge in [-0.3, -0.25) is 4.79 Å². The SMILES string of the molecule is Cc1cc(C)nc(-c2cccc3c2O[C@H](CNC(=O)CC(C)(C)C)C3)n1. The first kappa shape index (κ1) is 18.4. The maximum Gasteiger partial charge on any atom is 0.220 e. The van der Waals surface area contributed by atoms with Crippen molar-refractivity contribution in [3.63, 3.8) is 0 Å². The van der Waals surface area contributed by atoms with E-state index >= 15 is 0 Å². The molecule has 5 nitrogen and oxygen atoms in total. The number of hydrogen-bond acceptors (Lipinski definition) is 4. The molecule has 1 aromatic carbocycles. The van der Waals surface area contributed by atoms with Crippen LogP contribution in [0, 0.1) is 19.3 Å². The van der Waals surface area contributed by atoms with Crippen LogP contribution in [0.25, 0.3) is 11.4 Å². The summed E-state index contributed by atoms with van der Waals surface area (Å²) in [6.45, 7) is 10.6. The maximum absolute atomic E-state index is 12.1. The number of carbonyl (C=O) groups excluding carboxylic acids is 1. The first-order valence-electron chi connectivity index (χ1n) is 9.09. The number of aryl methyl sites for hydroxylation is 2. The number of nitrogens with one attached hydrogen (secondary N) is 1. The smallest absolute Gasteiger partial charge is 0.220 e. The van der Waals surface area contributed by atoms with Gasteiger partial charge in [0.15, 0.2) is 5.82 Å². The molecular weight excluding hydrogens is 326 g/mol. The molecule has 0 fully saturated rings. The predicted molar refractivity (Wildman–Crippen MR) is 102 cm³/mol. The first-order chi connectivity index (χ1) is 12.2. The predicted octanol–water partition coefficient (Wildman–Crippen LogP) is 3.62. The Labute approximate surface area is 155 Å². The van der Waals surface area contributed by atoms with E-state index in [4.69, 9.17) is 4.74 Å². The molecule has 1 aliphatic rings. The van der Waals surface area contributed by atoms with Crippen LogP contribution in [-0.2, 0) is 11.2 Å². The fourth-order valence-corrected chi connectivity index (χ4v) is 3.25. The van der Waals surface area contributed by atoms with E-state index in [1.54, 1.807) is 0 Å². The van der Waals surface area contributed by atoms with Crippen LogP contribution in [-0.4, -0.2) is 28.5 Å². The van der Waals surface area contributed by atoms with Gasteiger partial charge >= 0.3 is 0 Å². The van der Waals surface area contributed by atoms with Gasteiger partial charge in [-0.1, -0.05) is 32.9 Å². The lowest BCUT2D eigenvalue weighted by molar-refractivity contribution is -0.123. The molecule has 0 saturated carbocycles. The fourth-order valence-electron chi connectivity index (χ4n) is 3.25. The Bertz CT molecular complexity index is 804. The average molecular weight is 353 g/mol. The van der Waals surface area contributed by atoms with Crippen molar-refractivity contribution in [1.82, 2.24) is 15.3 Å². The van der Waals surface area contributed by atoms with Crippen molar-refractivity contribution in [3.8, 4) is 17.1 Å². The van der Waals surface area contributed by atoms with Crippen LogP contribution in [0.2, 0.25) is 0 Å². The Morgan fingerprint density at radius 1 is 1.23 bits per heavy atom. The molecule has 2 aromatic rings. The maximum atomic E-state index is 12.1. The highest BCUT2D eigenvalue weighted by Gasteiger charge is 2.27. The summed E-state index contributed by atoms with van der Waals surface area (Å²) < 4.78 is 6.16. The highest BCUT2D eigenvalue weighted by Crippen LogP contribution is 2.37. The minimum atomic E-state index is -0.0547. The van der Waals surface area contributed by atoms with Crippen molar-refractivity contribution in [3.05, 3.63) is 41.2 Å². The number of benzene rings is 1. The number of fused-ring (bicyclic) bond motifs is 1. The van der Waals surface area contributed by atoms with Crippen molar-refractivity contribution in [1.29, 1.82) is 0 Å². The number of ether oxygens (including phenoxy) is 1. The van der Waals surface area contributed by atoms with Gasteiger partial charge in [0.1, 0.15) is 11.9 Å². The molecule has 1 N–H and O–H groups in total. The lowest BCUT2D eigenvalue weighted by Crippen LogP contribution is -2.36. The summed E-state index contributed by atoms with van der Waals surface area (Å²) in [5.41, 5.74) is 3.92. The van der Waals surface area contributed by atoms with Crippen molar-refractivity contribution in [2.24, 2.45) is 5.41 Å². The monoisotopic (exact) mass is 353 g/mol. The molecule has 0 radical (unpaired) electrons. The van der Waals surface area contributed by atoms with Crippen LogP contribution in [0.4, 0.5) is 0 Å². The summed E-state index contributed by atoms with van der Waals surface area (Å²) in [6, 6.07) is 8.03. The summed E-state index contributed by atoms with van der Waals surface area (Å²) in [5, 5.41) is 3.00. The molecule has 5 heteroatoms. The molecule has 1 atom stereocenters. The van der Waals surface area contributed by atoms with E-state index in [1.165, 1.54) is 0 Å². The van der Waals surface area contributed by atoms with Crippen molar-refractivity contribution in [2.45, 2.75) is 53.6 Å². The van der Waals surface area contributed by atoms with Crippen LogP contribution in [0.1, 0.15) is 44.1 Å². The highest BCUT2D eigenvalue weighted by molar-refractivity contribution is 5.76. The topological polar surface area (TPSA) is 64.1 Å². The number of para-hydroxylation sites is 1. The van der Waals surface area contributed by atoms with Crippen molar-refractivity contribution < 1.29 is 9.53 Å². The molecule has 1 amide bonds. The first-order valence-corrected chi connectivity index (χ1v) is 9.09. The number of carbonyl (C=O) groups is 1. The van der Waals surface area contributed by atoms with E-state index < -0.39 is 0 Å². The van der Waals surface area contributed by atoms with E-state index in [0.29, 0.717) is 18.8 Å². The molecule has 2 heterocycles.